The first kappa shape index (κ1) is 15.1. The summed E-state index contributed by atoms with van der Waals surface area (Å²) in [6.07, 6.45) is 0.799. The Kier molecular flexibility index (Phi) is 5.35. The lowest BCUT2D eigenvalue weighted by Crippen LogP contribution is -2.34. The van der Waals surface area contributed by atoms with Crippen molar-refractivity contribution in [3.63, 3.8) is 0 Å². The largest absolute Gasteiger partial charge is 0.497 e. The molecule has 4 heteroatoms. The highest BCUT2D eigenvalue weighted by Gasteiger charge is 2.16. The van der Waals surface area contributed by atoms with E-state index in [1.807, 2.05) is 54.6 Å². The van der Waals surface area contributed by atoms with Crippen molar-refractivity contribution in [2.45, 2.75) is 12.5 Å². The summed E-state index contributed by atoms with van der Waals surface area (Å²) in [5.41, 5.74) is 7.51. The second-order valence-corrected chi connectivity index (χ2v) is 4.80. The molecule has 2 rings (SSSR count). The zero-order valence-electron chi connectivity index (χ0n) is 12.1. The van der Waals surface area contributed by atoms with Crippen molar-refractivity contribution in [1.82, 2.24) is 5.32 Å². The molecule has 0 heterocycles. The van der Waals surface area contributed by atoms with Gasteiger partial charge in [-0.15, -0.1) is 0 Å². The van der Waals surface area contributed by atoms with E-state index < -0.39 is 6.04 Å². The second-order valence-electron chi connectivity index (χ2n) is 4.80. The maximum Gasteiger partial charge on any atom is 0.239 e. The van der Waals surface area contributed by atoms with Gasteiger partial charge >= 0.3 is 0 Å². The number of carbonyl (C=O) groups excluding carboxylic acids is 1. The Morgan fingerprint density at radius 1 is 1.19 bits per heavy atom. The summed E-state index contributed by atoms with van der Waals surface area (Å²) in [7, 11) is 1.65. The monoisotopic (exact) mass is 284 g/mol. The van der Waals surface area contributed by atoms with Gasteiger partial charge in [-0.25, -0.2) is 0 Å². The first-order valence-corrected chi connectivity index (χ1v) is 6.91. The SMILES string of the molecule is COc1cccc(CCN[C@@H](C(N)=O)c2ccccc2)c1. The van der Waals surface area contributed by atoms with E-state index >= 15 is 0 Å². The van der Waals surface area contributed by atoms with Crippen LogP contribution in [0.25, 0.3) is 0 Å². The summed E-state index contributed by atoms with van der Waals surface area (Å²) in [6.45, 7) is 0.662. The van der Waals surface area contributed by atoms with E-state index in [2.05, 4.69) is 5.32 Å². The third-order valence-corrected chi connectivity index (χ3v) is 3.31. The zero-order valence-corrected chi connectivity index (χ0v) is 12.1. The van der Waals surface area contributed by atoms with Gasteiger partial charge in [-0.2, -0.15) is 0 Å². The van der Waals surface area contributed by atoms with Gasteiger partial charge in [-0.1, -0.05) is 42.5 Å². The standard InChI is InChI=1S/C17H20N2O2/c1-21-15-9-5-6-13(12-15)10-11-19-16(17(18)20)14-7-3-2-4-8-14/h2-9,12,16,19H,10-11H2,1H3,(H2,18,20)/t16-/m1/s1. The zero-order chi connectivity index (χ0) is 15.1. The topological polar surface area (TPSA) is 64.3 Å². The van der Waals surface area contributed by atoms with Crippen LogP contribution in [0.3, 0.4) is 0 Å². The number of primary amides is 1. The highest BCUT2D eigenvalue weighted by Crippen LogP contribution is 2.14. The minimum Gasteiger partial charge on any atom is -0.497 e. The summed E-state index contributed by atoms with van der Waals surface area (Å²) in [6, 6.07) is 16.9. The summed E-state index contributed by atoms with van der Waals surface area (Å²) < 4.78 is 5.20. The van der Waals surface area contributed by atoms with E-state index in [0.29, 0.717) is 6.54 Å². The summed E-state index contributed by atoms with van der Waals surface area (Å²) >= 11 is 0. The average Bonchev–Trinajstić information content (AvgIpc) is 2.52. The number of carbonyl (C=O) groups is 1. The van der Waals surface area contributed by atoms with Crippen LogP contribution < -0.4 is 15.8 Å². The quantitative estimate of drug-likeness (QED) is 0.818. The molecule has 21 heavy (non-hydrogen) atoms. The molecule has 0 aliphatic heterocycles. The molecule has 1 atom stereocenters. The molecule has 0 aliphatic carbocycles. The molecule has 1 amide bonds. The number of hydrogen-bond acceptors (Lipinski definition) is 3. The van der Waals surface area contributed by atoms with Crippen molar-refractivity contribution in [2.75, 3.05) is 13.7 Å². The normalized spacial score (nSPS) is 11.9. The molecule has 0 aliphatic rings. The van der Waals surface area contributed by atoms with E-state index in [-0.39, 0.29) is 5.91 Å². The fraction of sp³-hybridized carbons (Fsp3) is 0.235. The Hall–Kier alpha value is -2.33. The molecular weight excluding hydrogens is 264 g/mol. The van der Waals surface area contributed by atoms with Crippen molar-refractivity contribution in [3.8, 4) is 5.75 Å². The number of benzene rings is 2. The molecule has 0 saturated carbocycles. The highest BCUT2D eigenvalue weighted by atomic mass is 16.5. The molecule has 0 bridgehead atoms. The molecular formula is C17H20N2O2. The Morgan fingerprint density at radius 3 is 2.62 bits per heavy atom. The van der Waals surface area contributed by atoms with Gasteiger partial charge in [-0.05, 0) is 29.7 Å². The molecule has 0 radical (unpaired) electrons. The maximum absolute atomic E-state index is 11.6. The van der Waals surface area contributed by atoms with E-state index in [1.54, 1.807) is 7.11 Å². The molecule has 2 aromatic rings. The number of nitrogens with two attached hydrogens (primary N) is 1. The van der Waals surface area contributed by atoms with Gasteiger partial charge in [0.25, 0.3) is 0 Å². The van der Waals surface area contributed by atoms with Crippen LogP contribution in [0.5, 0.6) is 5.75 Å². The van der Waals surface area contributed by atoms with Crippen LogP contribution in [-0.2, 0) is 11.2 Å². The Morgan fingerprint density at radius 2 is 1.95 bits per heavy atom. The molecule has 0 unspecified atom stereocenters. The van der Waals surface area contributed by atoms with Gasteiger partial charge in [-0.3, -0.25) is 4.79 Å². The number of hydrogen-bond donors (Lipinski definition) is 2. The number of amides is 1. The lowest BCUT2D eigenvalue weighted by Gasteiger charge is -2.16. The van der Waals surface area contributed by atoms with Gasteiger partial charge < -0.3 is 15.8 Å². The molecule has 2 aromatic carbocycles. The molecule has 0 fully saturated rings. The third kappa shape index (κ3) is 4.33. The fourth-order valence-corrected chi connectivity index (χ4v) is 2.22. The van der Waals surface area contributed by atoms with Crippen LogP contribution in [0, 0.1) is 0 Å². The number of methoxy groups -OCH3 is 1. The van der Waals surface area contributed by atoms with Gasteiger partial charge in [0, 0.05) is 6.54 Å². The maximum atomic E-state index is 11.6. The summed E-state index contributed by atoms with van der Waals surface area (Å²) in [4.78, 5) is 11.6. The minimum atomic E-state index is -0.461. The molecule has 0 aromatic heterocycles. The van der Waals surface area contributed by atoms with Crippen molar-refractivity contribution < 1.29 is 9.53 Å². The average molecular weight is 284 g/mol. The van der Waals surface area contributed by atoms with Gasteiger partial charge in [0.05, 0.1) is 7.11 Å². The predicted molar refractivity (Wildman–Crippen MR) is 83.1 cm³/mol. The highest BCUT2D eigenvalue weighted by molar-refractivity contribution is 5.81. The Labute approximate surface area is 124 Å². The summed E-state index contributed by atoms with van der Waals surface area (Å²) in [5, 5.41) is 3.21. The fourth-order valence-electron chi connectivity index (χ4n) is 2.22. The molecule has 4 nitrogen and oxygen atoms in total. The van der Waals surface area contributed by atoms with Crippen molar-refractivity contribution >= 4 is 5.91 Å². The Balaban J connectivity index is 1.95. The van der Waals surface area contributed by atoms with Crippen LogP contribution in [0.4, 0.5) is 0 Å². The van der Waals surface area contributed by atoms with Crippen molar-refractivity contribution in [2.24, 2.45) is 5.73 Å². The molecule has 0 spiro atoms. The van der Waals surface area contributed by atoms with Crippen LogP contribution in [0.2, 0.25) is 0 Å². The third-order valence-electron chi connectivity index (χ3n) is 3.31. The number of ether oxygens (including phenoxy) is 1. The van der Waals surface area contributed by atoms with E-state index in [0.717, 1.165) is 23.3 Å². The molecule has 110 valence electrons. The van der Waals surface area contributed by atoms with Crippen LogP contribution >= 0.6 is 0 Å². The van der Waals surface area contributed by atoms with Gasteiger partial charge in [0.15, 0.2) is 0 Å². The second kappa shape index (κ2) is 7.45. The number of rotatable bonds is 7. The first-order valence-electron chi connectivity index (χ1n) is 6.91. The Bertz CT molecular complexity index is 584. The number of nitrogens with one attached hydrogen (secondary N) is 1. The smallest absolute Gasteiger partial charge is 0.239 e. The van der Waals surface area contributed by atoms with Gasteiger partial charge in [0.1, 0.15) is 11.8 Å². The molecule has 0 saturated heterocycles. The molecule has 3 N–H and O–H groups in total. The van der Waals surface area contributed by atoms with Crippen molar-refractivity contribution in [1.29, 1.82) is 0 Å². The van der Waals surface area contributed by atoms with Crippen molar-refractivity contribution in [3.05, 3.63) is 65.7 Å². The lowest BCUT2D eigenvalue weighted by atomic mass is 10.1. The van der Waals surface area contributed by atoms with Gasteiger partial charge in [0.2, 0.25) is 5.91 Å². The minimum absolute atomic E-state index is 0.369. The van der Waals surface area contributed by atoms with Crippen LogP contribution in [-0.4, -0.2) is 19.6 Å². The predicted octanol–water partition coefficient (Wildman–Crippen LogP) is 2.05. The van der Waals surface area contributed by atoms with E-state index in [4.69, 9.17) is 10.5 Å². The first-order chi connectivity index (χ1) is 10.2. The van der Waals surface area contributed by atoms with E-state index in [1.165, 1.54) is 0 Å². The lowest BCUT2D eigenvalue weighted by molar-refractivity contribution is -0.120. The van der Waals surface area contributed by atoms with Crippen LogP contribution in [0.1, 0.15) is 17.2 Å². The van der Waals surface area contributed by atoms with E-state index in [9.17, 15) is 4.79 Å². The van der Waals surface area contributed by atoms with Crippen LogP contribution in [0.15, 0.2) is 54.6 Å². The summed E-state index contributed by atoms with van der Waals surface area (Å²) in [5.74, 6) is 0.467.